The fraction of sp³-hybridized carbons (Fsp3) is 0.667. The molecule has 4 nitrogen and oxygen atoms in total. The topological polar surface area (TPSA) is 35.6 Å². The van der Waals surface area contributed by atoms with Crippen molar-refractivity contribution in [2.75, 3.05) is 32.7 Å². The smallest absolute Gasteiger partial charge is 0.240 e. The Bertz CT molecular complexity index is 442. The van der Waals surface area contributed by atoms with E-state index in [4.69, 9.17) is 0 Å². The first kappa shape index (κ1) is 14.0. The number of carbonyl (C=O) groups is 1. The standard InChI is InChI=1S/C15H23N3OS/c1-12(13-4-10-20-11-13)18-7-2-3-14(18)15(19)17-8-5-16-6-9-17/h4,10-12,14,16H,2-3,5-9H2,1H3. The summed E-state index contributed by atoms with van der Waals surface area (Å²) in [5.41, 5.74) is 1.34. The number of hydrogen-bond donors (Lipinski definition) is 1. The zero-order valence-electron chi connectivity index (χ0n) is 12.0. The van der Waals surface area contributed by atoms with Crippen molar-refractivity contribution >= 4 is 17.2 Å². The van der Waals surface area contributed by atoms with Crippen molar-refractivity contribution in [1.82, 2.24) is 15.1 Å². The van der Waals surface area contributed by atoms with Crippen LogP contribution in [0.5, 0.6) is 0 Å². The van der Waals surface area contributed by atoms with Gasteiger partial charge in [-0.15, -0.1) is 0 Å². The minimum absolute atomic E-state index is 0.0861. The van der Waals surface area contributed by atoms with Crippen LogP contribution in [0.15, 0.2) is 16.8 Å². The average Bonchev–Trinajstić information content (AvgIpc) is 3.18. The molecule has 1 amide bonds. The van der Waals surface area contributed by atoms with Gasteiger partial charge in [0.05, 0.1) is 6.04 Å². The molecule has 3 rings (SSSR count). The molecule has 20 heavy (non-hydrogen) atoms. The number of thiophene rings is 1. The summed E-state index contributed by atoms with van der Waals surface area (Å²) in [7, 11) is 0. The van der Waals surface area contributed by atoms with Crippen molar-refractivity contribution in [3.63, 3.8) is 0 Å². The maximum absolute atomic E-state index is 12.7. The predicted molar refractivity (Wildman–Crippen MR) is 81.9 cm³/mol. The van der Waals surface area contributed by atoms with E-state index in [1.54, 1.807) is 11.3 Å². The van der Waals surface area contributed by atoms with Crippen LogP contribution in [0.2, 0.25) is 0 Å². The molecule has 0 saturated carbocycles. The molecule has 2 saturated heterocycles. The molecule has 2 unspecified atom stereocenters. The molecule has 110 valence electrons. The first-order valence-electron chi connectivity index (χ1n) is 7.54. The highest BCUT2D eigenvalue weighted by Crippen LogP contribution is 2.31. The lowest BCUT2D eigenvalue weighted by Crippen LogP contribution is -2.52. The number of carbonyl (C=O) groups excluding carboxylic acids is 1. The molecule has 2 atom stereocenters. The molecular formula is C15H23N3OS. The number of likely N-dealkylation sites (tertiary alicyclic amines) is 1. The van der Waals surface area contributed by atoms with Crippen LogP contribution in [0, 0.1) is 0 Å². The molecule has 1 N–H and O–H groups in total. The number of amides is 1. The van der Waals surface area contributed by atoms with Crippen LogP contribution in [0.1, 0.15) is 31.4 Å². The Hall–Kier alpha value is -0.910. The van der Waals surface area contributed by atoms with E-state index < -0.39 is 0 Å². The highest BCUT2D eigenvalue weighted by Gasteiger charge is 2.36. The third-order valence-electron chi connectivity index (χ3n) is 4.53. The first-order valence-corrected chi connectivity index (χ1v) is 8.49. The van der Waals surface area contributed by atoms with E-state index in [0.717, 1.165) is 45.6 Å². The molecule has 1 aromatic heterocycles. The van der Waals surface area contributed by atoms with Crippen molar-refractivity contribution in [1.29, 1.82) is 0 Å². The summed E-state index contributed by atoms with van der Waals surface area (Å²) < 4.78 is 0. The monoisotopic (exact) mass is 293 g/mol. The molecule has 5 heteroatoms. The van der Waals surface area contributed by atoms with Gasteiger partial charge in [-0.25, -0.2) is 0 Å². The summed E-state index contributed by atoms with van der Waals surface area (Å²) in [4.78, 5) is 17.2. The minimum atomic E-state index is 0.0861. The van der Waals surface area contributed by atoms with Crippen molar-refractivity contribution in [3.05, 3.63) is 22.4 Å². The van der Waals surface area contributed by atoms with Crippen LogP contribution in [0.25, 0.3) is 0 Å². The highest BCUT2D eigenvalue weighted by atomic mass is 32.1. The molecule has 0 radical (unpaired) electrons. The SMILES string of the molecule is CC(c1ccsc1)N1CCCC1C(=O)N1CCNCC1. The Labute approximate surface area is 124 Å². The van der Waals surface area contributed by atoms with Gasteiger partial charge in [0.2, 0.25) is 5.91 Å². The van der Waals surface area contributed by atoms with Crippen molar-refractivity contribution in [2.45, 2.75) is 31.8 Å². The lowest BCUT2D eigenvalue weighted by atomic mass is 10.1. The van der Waals surface area contributed by atoms with E-state index in [2.05, 4.69) is 34.0 Å². The Balaban J connectivity index is 1.70. The summed E-state index contributed by atoms with van der Waals surface area (Å²) in [6.07, 6.45) is 2.15. The lowest BCUT2D eigenvalue weighted by molar-refractivity contribution is -0.137. The molecule has 0 bridgehead atoms. The van der Waals surface area contributed by atoms with Gasteiger partial charge in [0.15, 0.2) is 0 Å². The Kier molecular flexibility index (Phi) is 4.38. The predicted octanol–water partition coefficient (Wildman–Crippen LogP) is 1.71. The van der Waals surface area contributed by atoms with Gasteiger partial charge in [-0.2, -0.15) is 11.3 Å². The summed E-state index contributed by atoms with van der Waals surface area (Å²) in [6, 6.07) is 2.61. The highest BCUT2D eigenvalue weighted by molar-refractivity contribution is 7.07. The zero-order valence-corrected chi connectivity index (χ0v) is 12.9. The second-order valence-electron chi connectivity index (χ2n) is 5.70. The molecule has 3 heterocycles. The van der Waals surface area contributed by atoms with Gasteiger partial charge in [-0.05, 0) is 48.7 Å². The van der Waals surface area contributed by atoms with Crippen LogP contribution in [0.4, 0.5) is 0 Å². The van der Waals surface area contributed by atoms with Crippen LogP contribution in [-0.4, -0.2) is 54.5 Å². The first-order chi connectivity index (χ1) is 9.77. The summed E-state index contributed by atoms with van der Waals surface area (Å²) in [5.74, 6) is 0.339. The Morgan fingerprint density at radius 3 is 2.90 bits per heavy atom. The number of nitrogens with one attached hydrogen (secondary N) is 1. The largest absolute Gasteiger partial charge is 0.339 e. The quantitative estimate of drug-likeness (QED) is 0.921. The molecule has 0 spiro atoms. The number of hydrogen-bond acceptors (Lipinski definition) is 4. The summed E-state index contributed by atoms with van der Waals surface area (Å²) >= 11 is 1.73. The Morgan fingerprint density at radius 1 is 1.40 bits per heavy atom. The van der Waals surface area contributed by atoms with Gasteiger partial charge < -0.3 is 10.2 Å². The molecule has 0 aliphatic carbocycles. The van der Waals surface area contributed by atoms with E-state index >= 15 is 0 Å². The minimum Gasteiger partial charge on any atom is -0.339 e. The van der Waals surface area contributed by atoms with Crippen molar-refractivity contribution in [3.8, 4) is 0 Å². The fourth-order valence-electron chi connectivity index (χ4n) is 3.32. The number of rotatable bonds is 3. The van der Waals surface area contributed by atoms with Gasteiger partial charge in [-0.3, -0.25) is 9.69 Å². The van der Waals surface area contributed by atoms with Crippen molar-refractivity contribution in [2.24, 2.45) is 0 Å². The molecular weight excluding hydrogens is 270 g/mol. The van der Waals surface area contributed by atoms with Crippen molar-refractivity contribution < 1.29 is 4.79 Å². The second-order valence-corrected chi connectivity index (χ2v) is 6.48. The van der Waals surface area contributed by atoms with Gasteiger partial charge in [0.25, 0.3) is 0 Å². The molecule has 0 aromatic carbocycles. The van der Waals surface area contributed by atoms with Crippen LogP contribution >= 0.6 is 11.3 Å². The fourth-order valence-corrected chi connectivity index (χ4v) is 4.06. The number of nitrogens with zero attached hydrogens (tertiary/aromatic N) is 2. The van der Waals surface area contributed by atoms with Crippen LogP contribution in [0.3, 0.4) is 0 Å². The third kappa shape index (κ3) is 2.75. The van der Waals surface area contributed by atoms with Gasteiger partial charge in [-0.1, -0.05) is 0 Å². The number of piperazine rings is 1. The van der Waals surface area contributed by atoms with E-state index in [0.29, 0.717) is 11.9 Å². The third-order valence-corrected chi connectivity index (χ3v) is 5.23. The lowest BCUT2D eigenvalue weighted by Gasteiger charge is -2.35. The molecule has 1 aromatic rings. The molecule has 2 fully saturated rings. The Morgan fingerprint density at radius 2 is 2.20 bits per heavy atom. The normalized spacial score (nSPS) is 25.9. The van der Waals surface area contributed by atoms with E-state index in [-0.39, 0.29) is 6.04 Å². The molecule has 2 aliphatic rings. The maximum atomic E-state index is 12.7. The zero-order chi connectivity index (χ0) is 13.9. The summed E-state index contributed by atoms with van der Waals surface area (Å²) in [6.45, 7) is 6.84. The van der Waals surface area contributed by atoms with Gasteiger partial charge in [0.1, 0.15) is 0 Å². The average molecular weight is 293 g/mol. The van der Waals surface area contributed by atoms with E-state index in [1.165, 1.54) is 5.56 Å². The summed E-state index contributed by atoms with van der Waals surface area (Å²) in [5, 5.41) is 7.63. The maximum Gasteiger partial charge on any atom is 0.240 e. The van der Waals surface area contributed by atoms with E-state index in [9.17, 15) is 4.79 Å². The van der Waals surface area contributed by atoms with Crippen LogP contribution < -0.4 is 5.32 Å². The van der Waals surface area contributed by atoms with Gasteiger partial charge in [0, 0.05) is 32.2 Å². The second kappa shape index (κ2) is 6.24. The van der Waals surface area contributed by atoms with Gasteiger partial charge >= 0.3 is 0 Å². The molecule has 2 aliphatic heterocycles. The van der Waals surface area contributed by atoms with Crippen LogP contribution in [-0.2, 0) is 4.79 Å². The van der Waals surface area contributed by atoms with E-state index in [1.807, 2.05) is 4.90 Å².